The van der Waals surface area contributed by atoms with Crippen molar-refractivity contribution in [2.24, 2.45) is 0 Å². The van der Waals surface area contributed by atoms with Gasteiger partial charge in [-0.1, -0.05) is 35.5 Å². The van der Waals surface area contributed by atoms with E-state index >= 15 is 0 Å². The van der Waals surface area contributed by atoms with Crippen molar-refractivity contribution >= 4 is 5.97 Å². The highest BCUT2D eigenvalue weighted by Crippen LogP contribution is 2.15. The Labute approximate surface area is 120 Å². The summed E-state index contributed by atoms with van der Waals surface area (Å²) in [6.07, 6.45) is 5.04. The van der Waals surface area contributed by atoms with Gasteiger partial charge in [0.2, 0.25) is 0 Å². The molecular formula is C14H13N5O2. The first-order valence-electron chi connectivity index (χ1n) is 6.39. The maximum atomic E-state index is 10.6. The Kier molecular flexibility index (Phi) is 3.46. The molecule has 106 valence electrons. The lowest BCUT2D eigenvalue weighted by Gasteiger charge is -1.99. The Hall–Kier alpha value is -2.96. The molecular weight excluding hydrogens is 270 g/mol. The van der Waals surface area contributed by atoms with Crippen LogP contribution in [0.15, 0.2) is 48.9 Å². The number of hydrogen-bond donors (Lipinski definition) is 1. The summed E-state index contributed by atoms with van der Waals surface area (Å²) < 4.78 is 3.09. The maximum Gasteiger partial charge on any atom is 0.325 e. The standard InChI is InChI=1S/C14H13N5O2/c20-14(21)10-18-8-12(6-15-18)13-9-19(17-16-13)7-11-4-2-1-3-5-11/h1-6,8-9H,7,10H2,(H,20,21). The lowest BCUT2D eigenvalue weighted by Crippen LogP contribution is -2.08. The molecule has 0 saturated carbocycles. The third kappa shape index (κ3) is 3.14. The van der Waals surface area contributed by atoms with E-state index in [1.54, 1.807) is 17.1 Å². The van der Waals surface area contributed by atoms with E-state index in [9.17, 15) is 4.79 Å². The predicted molar refractivity (Wildman–Crippen MR) is 74.4 cm³/mol. The zero-order valence-electron chi connectivity index (χ0n) is 11.1. The van der Waals surface area contributed by atoms with Crippen LogP contribution in [0.5, 0.6) is 0 Å². The van der Waals surface area contributed by atoms with Gasteiger partial charge in [0.05, 0.1) is 18.9 Å². The molecule has 0 bridgehead atoms. The molecule has 0 unspecified atom stereocenters. The lowest BCUT2D eigenvalue weighted by atomic mass is 10.2. The fraction of sp³-hybridized carbons (Fsp3) is 0.143. The van der Waals surface area contributed by atoms with Crippen molar-refractivity contribution in [3.8, 4) is 11.3 Å². The van der Waals surface area contributed by atoms with Crippen LogP contribution in [0.2, 0.25) is 0 Å². The van der Waals surface area contributed by atoms with Crippen LogP contribution >= 0.6 is 0 Å². The van der Waals surface area contributed by atoms with Crippen LogP contribution < -0.4 is 0 Å². The predicted octanol–water partition coefficient (Wildman–Crippen LogP) is 1.27. The summed E-state index contributed by atoms with van der Waals surface area (Å²) in [4.78, 5) is 10.6. The van der Waals surface area contributed by atoms with Gasteiger partial charge in [0, 0.05) is 11.8 Å². The van der Waals surface area contributed by atoms with Crippen LogP contribution in [0.1, 0.15) is 5.56 Å². The summed E-state index contributed by atoms with van der Waals surface area (Å²) in [6, 6.07) is 9.96. The Morgan fingerprint density at radius 2 is 1.95 bits per heavy atom. The number of carbonyl (C=O) groups is 1. The molecule has 2 aromatic heterocycles. The second-order valence-electron chi connectivity index (χ2n) is 4.61. The zero-order chi connectivity index (χ0) is 14.7. The molecule has 0 atom stereocenters. The van der Waals surface area contributed by atoms with Gasteiger partial charge in [0.15, 0.2) is 0 Å². The third-order valence-electron chi connectivity index (χ3n) is 2.95. The molecule has 0 aliphatic carbocycles. The van der Waals surface area contributed by atoms with Gasteiger partial charge in [0.25, 0.3) is 0 Å². The lowest BCUT2D eigenvalue weighted by molar-refractivity contribution is -0.137. The SMILES string of the molecule is O=C(O)Cn1cc(-c2cn(Cc3ccccc3)nn2)cn1. The molecule has 0 amide bonds. The average molecular weight is 283 g/mol. The van der Waals surface area contributed by atoms with Crippen molar-refractivity contribution < 1.29 is 9.90 Å². The average Bonchev–Trinajstić information content (AvgIpc) is 3.08. The van der Waals surface area contributed by atoms with Crippen LogP contribution in [-0.4, -0.2) is 35.9 Å². The van der Waals surface area contributed by atoms with E-state index in [0.717, 1.165) is 11.1 Å². The number of nitrogens with zero attached hydrogens (tertiary/aromatic N) is 5. The molecule has 3 aromatic rings. The minimum absolute atomic E-state index is 0.168. The first kappa shape index (κ1) is 13.0. The first-order chi connectivity index (χ1) is 10.2. The van der Waals surface area contributed by atoms with Gasteiger partial charge in [-0.25, -0.2) is 4.68 Å². The van der Waals surface area contributed by atoms with E-state index in [4.69, 9.17) is 5.11 Å². The molecule has 1 N–H and O–H groups in total. The van der Waals surface area contributed by atoms with Gasteiger partial charge in [-0.15, -0.1) is 5.10 Å². The topological polar surface area (TPSA) is 85.8 Å². The van der Waals surface area contributed by atoms with Crippen molar-refractivity contribution in [3.63, 3.8) is 0 Å². The molecule has 0 aliphatic heterocycles. The summed E-state index contributed by atoms with van der Waals surface area (Å²) in [5, 5.41) is 20.9. The van der Waals surface area contributed by atoms with Gasteiger partial charge >= 0.3 is 5.97 Å². The highest BCUT2D eigenvalue weighted by atomic mass is 16.4. The van der Waals surface area contributed by atoms with Crippen LogP contribution in [0.4, 0.5) is 0 Å². The van der Waals surface area contributed by atoms with E-state index in [1.165, 1.54) is 4.68 Å². The zero-order valence-corrected chi connectivity index (χ0v) is 11.1. The third-order valence-corrected chi connectivity index (χ3v) is 2.95. The van der Waals surface area contributed by atoms with Crippen molar-refractivity contribution in [3.05, 3.63) is 54.5 Å². The fourth-order valence-electron chi connectivity index (χ4n) is 2.00. The minimum atomic E-state index is -0.933. The molecule has 0 aliphatic rings. The van der Waals surface area contributed by atoms with Crippen molar-refractivity contribution in [2.75, 3.05) is 0 Å². The van der Waals surface area contributed by atoms with Gasteiger partial charge in [0.1, 0.15) is 12.2 Å². The van der Waals surface area contributed by atoms with Crippen LogP contribution in [0, 0.1) is 0 Å². The molecule has 0 radical (unpaired) electrons. The largest absolute Gasteiger partial charge is 0.480 e. The van der Waals surface area contributed by atoms with Gasteiger partial charge in [-0.05, 0) is 5.56 Å². The van der Waals surface area contributed by atoms with Crippen LogP contribution in [-0.2, 0) is 17.9 Å². The number of hydrogen-bond acceptors (Lipinski definition) is 4. The molecule has 3 rings (SSSR count). The van der Waals surface area contributed by atoms with Gasteiger partial charge in [-0.3, -0.25) is 9.48 Å². The number of carboxylic acids is 1. The molecule has 7 heteroatoms. The Morgan fingerprint density at radius 3 is 2.71 bits per heavy atom. The Morgan fingerprint density at radius 1 is 1.14 bits per heavy atom. The Balaban J connectivity index is 1.75. The summed E-state index contributed by atoms with van der Waals surface area (Å²) in [7, 11) is 0. The molecule has 0 fully saturated rings. The molecule has 0 spiro atoms. The van der Waals surface area contributed by atoms with Gasteiger partial charge < -0.3 is 5.11 Å². The van der Waals surface area contributed by atoms with Crippen LogP contribution in [0.3, 0.4) is 0 Å². The van der Waals surface area contributed by atoms with Crippen molar-refractivity contribution in [2.45, 2.75) is 13.1 Å². The summed E-state index contributed by atoms with van der Waals surface area (Å²) in [5.74, 6) is -0.933. The number of carboxylic acid groups (broad SMARTS) is 1. The quantitative estimate of drug-likeness (QED) is 0.762. The molecule has 21 heavy (non-hydrogen) atoms. The van der Waals surface area contributed by atoms with Gasteiger partial charge in [-0.2, -0.15) is 5.10 Å². The number of aliphatic carboxylic acids is 1. The van der Waals surface area contributed by atoms with Crippen molar-refractivity contribution in [1.29, 1.82) is 0 Å². The van der Waals surface area contributed by atoms with E-state index in [2.05, 4.69) is 15.4 Å². The van der Waals surface area contributed by atoms with E-state index in [1.807, 2.05) is 36.5 Å². The summed E-state index contributed by atoms with van der Waals surface area (Å²) >= 11 is 0. The van der Waals surface area contributed by atoms with E-state index < -0.39 is 5.97 Å². The van der Waals surface area contributed by atoms with E-state index in [-0.39, 0.29) is 6.54 Å². The number of aromatic nitrogens is 5. The van der Waals surface area contributed by atoms with E-state index in [0.29, 0.717) is 12.2 Å². The van der Waals surface area contributed by atoms with Crippen LogP contribution in [0.25, 0.3) is 11.3 Å². The monoisotopic (exact) mass is 283 g/mol. The molecule has 7 nitrogen and oxygen atoms in total. The second-order valence-corrected chi connectivity index (χ2v) is 4.61. The second kappa shape index (κ2) is 5.58. The fourth-order valence-corrected chi connectivity index (χ4v) is 2.00. The van der Waals surface area contributed by atoms with Crippen molar-refractivity contribution in [1.82, 2.24) is 24.8 Å². The molecule has 2 heterocycles. The smallest absolute Gasteiger partial charge is 0.325 e. The maximum absolute atomic E-state index is 10.6. The number of rotatable bonds is 5. The Bertz CT molecular complexity index is 748. The highest BCUT2D eigenvalue weighted by molar-refractivity contribution is 5.66. The summed E-state index contributed by atoms with van der Waals surface area (Å²) in [5.41, 5.74) is 2.55. The normalized spacial score (nSPS) is 10.7. The summed E-state index contributed by atoms with van der Waals surface area (Å²) in [6.45, 7) is 0.468. The molecule has 0 saturated heterocycles. The minimum Gasteiger partial charge on any atom is -0.480 e. The molecule has 1 aromatic carbocycles. The first-order valence-corrected chi connectivity index (χ1v) is 6.39. The number of benzene rings is 1. The highest BCUT2D eigenvalue weighted by Gasteiger charge is 2.08.